The number of hydrogen-bond acceptors (Lipinski definition) is 5. The van der Waals surface area contributed by atoms with E-state index >= 15 is 0 Å². The molecule has 2 rings (SSSR count). The Labute approximate surface area is 123 Å². The molecule has 0 saturated carbocycles. The van der Waals surface area contributed by atoms with E-state index in [1.807, 2.05) is 12.1 Å². The van der Waals surface area contributed by atoms with E-state index in [1.165, 1.54) is 12.1 Å². The van der Waals surface area contributed by atoms with Crippen LogP contribution in [0.1, 0.15) is 11.1 Å². The highest BCUT2D eigenvalue weighted by atomic mass is 32.2. The Morgan fingerprint density at radius 2 is 1.29 bits per heavy atom. The first-order valence-corrected chi connectivity index (χ1v) is 7.63. The summed E-state index contributed by atoms with van der Waals surface area (Å²) >= 11 is 0. The molecule has 0 aliphatic rings. The SMILES string of the molecule is Nc1ccc(CN=NCc2ccc(S(=O)(=O)O)cc2)cc1. The number of rotatable bonds is 5. The van der Waals surface area contributed by atoms with Crippen molar-refractivity contribution in [1.29, 1.82) is 0 Å². The molecule has 2 aromatic carbocycles. The van der Waals surface area contributed by atoms with Gasteiger partial charge in [-0.25, -0.2) is 0 Å². The summed E-state index contributed by atoms with van der Waals surface area (Å²) in [6.45, 7) is 0.810. The van der Waals surface area contributed by atoms with Gasteiger partial charge in [0.2, 0.25) is 0 Å². The number of nitrogen functional groups attached to an aromatic ring is 1. The van der Waals surface area contributed by atoms with E-state index < -0.39 is 10.1 Å². The minimum atomic E-state index is -4.15. The van der Waals surface area contributed by atoms with Crippen LogP contribution in [0, 0.1) is 0 Å². The molecule has 0 saturated heterocycles. The fourth-order valence-electron chi connectivity index (χ4n) is 1.65. The lowest BCUT2D eigenvalue weighted by atomic mass is 10.2. The van der Waals surface area contributed by atoms with Gasteiger partial charge >= 0.3 is 0 Å². The zero-order valence-electron chi connectivity index (χ0n) is 11.2. The minimum Gasteiger partial charge on any atom is -0.399 e. The van der Waals surface area contributed by atoms with Crippen LogP contribution in [0.3, 0.4) is 0 Å². The minimum absolute atomic E-state index is 0.134. The molecule has 0 amide bonds. The average Bonchev–Trinajstić information content (AvgIpc) is 2.45. The lowest BCUT2D eigenvalue weighted by Gasteiger charge is -1.99. The van der Waals surface area contributed by atoms with Gasteiger partial charge in [0.05, 0.1) is 18.0 Å². The molecular weight excluding hydrogens is 290 g/mol. The van der Waals surface area contributed by atoms with Crippen LogP contribution in [0.2, 0.25) is 0 Å². The van der Waals surface area contributed by atoms with Crippen LogP contribution in [-0.4, -0.2) is 13.0 Å². The molecule has 0 aliphatic heterocycles. The van der Waals surface area contributed by atoms with Crippen LogP contribution in [0.25, 0.3) is 0 Å². The van der Waals surface area contributed by atoms with Crippen molar-refractivity contribution in [3.63, 3.8) is 0 Å². The van der Waals surface area contributed by atoms with E-state index in [0.29, 0.717) is 18.8 Å². The summed E-state index contributed by atoms with van der Waals surface area (Å²) in [6.07, 6.45) is 0. The maximum absolute atomic E-state index is 10.9. The fraction of sp³-hybridized carbons (Fsp3) is 0.143. The summed E-state index contributed by atoms with van der Waals surface area (Å²) in [7, 11) is -4.15. The Morgan fingerprint density at radius 1 is 0.857 bits per heavy atom. The molecule has 2 aromatic rings. The number of hydrogen-bond donors (Lipinski definition) is 2. The van der Waals surface area contributed by atoms with Gasteiger partial charge in [-0.2, -0.15) is 18.6 Å². The second-order valence-corrected chi connectivity index (χ2v) is 5.88. The molecule has 110 valence electrons. The van der Waals surface area contributed by atoms with Gasteiger partial charge in [0.25, 0.3) is 10.1 Å². The molecule has 6 nitrogen and oxygen atoms in total. The Bertz CT molecular complexity index is 723. The lowest BCUT2D eigenvalue weighted by Crippen LogP contribution is -1.97. The van der Waals surface area contributed by atoms with Crippen molar-refractivity contribution in [3.8, 4) is 0 Å². The summed E-state index contributed by atoms with van der Waals surface area (Å²) in [4.78, 5) is -0.134. The monoisotopic (exact) mass is 305 g/mol. The van der Waals surface area contributed by atoms with Crippen molar-refractivity contribution in [2.45, 2.75) is 18.0 Å². The van der Waals surface area contributed by atoms with Crippen LogP contribution in [0.5, 0.6) is 0 Å². The molecule has 7 heteroatoms. The molecule has 0 spiro atoms. The summed E-state index contributed by atoms with van der Waals surface area (Å²) < 4.78 is 30.6. The Morgan fingerprint density at radius 3 is 1.71 bits per heavy atom. The number of nitrogens with zero attached hydrogens (tertiary/aromatic N) is 2. The Kier molecular flexibility index (Phi) is 4.66. The summed E-state index contributed by atoms with van der Waals surface area (Å²) in [5, 5.41) is 8.09. The highest BCUT2D eigenvalue weighted by molar-refractivity contribution is 7.85. The van der Waals surface area contributed by atoms with Crippen molar-refractivity contribution in [3.05, 3.63) is 59.7 Å². The largest absolute Gasteiger partial charge is 0.399 e. The zero-order chi connectivity index (χ0) is 15.3. The molecule has 21 heavy (non-hydrogen) atoms. The number of azo groups is 1. The number of benzene rings is 2. The van der Waals surface area contributed by atoms with E-state index in [2.05, 4.69) is 10.2 Å². The fourth-order valence-corrected chi connectivity index (χ4v) is 2.13. The normalized spacial score (nSPS) is 11.9. The molecule has 0 bridgehead atoms. The Balaban J connectivity index is 1.91. The second kappa shape index (κ2) is 6.47. The van der Waals surface area contributed by atoms with Crippen molar-refractivity contribution in [1.82, 2.24) is 0 Å². The van der Waals surface area contributed by atoms with Crippen molar-refractivity contribution in [2.24, 2.45) is 10.2 Å². The van der Waals surface area contributed by atoms with E-state index in [4.69, 9.17) is 10.3 Å². The molecule has 3 N–H and O–H groups in total. The molecular formula is C14H15N3O3S. The van der Waals surface area contributed by atoms with Gasteiger partial charge in [-0.3, -0.25) is 4.55 Å². The molecule has 0 radical (unpaired) electrons. The topological polar surface area (TPSA) is 105 Å². The van der Waals surface area contributed by atoms with Gasteiger partial charge in [-0.05, 0) is 35.4 Å². The number of nitrogens with two attached hydrogens (primary N) is 1. The molecule has 0 unspecified atom stereocenters. The molecule has 0 heterocycles. The molecule has 0 fully saturated rings. The van der Waals surface area contributed by atoms with E-state index in [1.54, 1.807) is 24.3 Å². The summed E-state index contributed by atoms with van der Waals surface area (Å²) in [6, 6.07) is 13.2. The van der Waals surface area contributed by atoms with Gasteiger partial charge in [0, 0.05) is 5.69 Å². The van der Waals surface area contributed by atoms with Crippen molar-refractivity contribution < 1.29 is 13.0 Å². The smallest absolute Gasteiger partial charge is 0.294 e. The lowest BCUT2D eigenvalue weighted by molar-refractivity contribution is 0.483. The third-order valence-electron chi connectivity index (χ3n) is 2.81. The van der Waals surface area contributed by atoms with Crippen LogP contribution >= 0.6 is 0 Å². The van der Waals surface area contributed by atoms with Crippen molar-refractivity contribution in [2.75, 3.05) is 5.73 Å². The molecule has 0 aromatic heterocycles. The maximum atomic E-state index is 10.9. The van der Waals surface area contributed by atoms with Gasteiger partial charge in [0.1, 0.15) is 0 Å². The van der Waals surface area contributed by atoms with E-state index in [9.17, 15) is 8.42 Å². The van der Waals surface area contributed by atoms with Crippen LogP contribution in [-0.2, 0) is 23.2 Å². The standard InChI is InChI=1S/C14H15N3O3S/c15-13-5-1-11(2-6-13)9-16-17-10-12-3-7-14(8-4-12)21(18,19)20/h1-8H,9-10,15H2,(H,18,19,20). The summed E-state index contributed by atoms with van der Waals surface area (Å²) in [5.41, 5.74) is 8.11. The summed E-state index contributed by atoms with van der Waals surface area (Å²) in [5.74, 6) is 0. The van der Waals surface area contributed by atoms with Gasteiger partial charge in [-0.15, -0.1) is 0 Å². The van der Waals surface area contributed by atoms with Crippen LogP contribution in [0.15, 0.2) is 63.7 Å². The predicted molar refractivity (Wildman–Crippen MR) is 79.4 cm³/mol. The van der Waals surface area contributed by atoms with Crippen molar-refractivity contribution >= 4 is 15.8 Å². The highest BCUT2D eigenvalue weighted by Crippen LogP contribution is 2.11. The van der Waals surface area contributed by atoms with Crippen LogP contribution in [0.4, 0.5) is 5.69 Å². The zero-order valence-corrected chi connectivity index (χ0v) is 12.0. The highest BCUT2D eigenvalue weighted by Gasteiger charge is 2.07. The third kappa shape index (κ3) is 4.66. The second-order valence-electron chi connectivity index (χ2n) is 4.46. The Hall–Kier alpha value is -2.25. The number of anilines is 1. The first-order valence-electron chi connectivity index (χ1n) is 6.19. The predicted octanol–water partition coefficient (Wildman–Crippen LogP) is 2.67. The van der Waals surface area contributed by atoms with Crippen LogP contribution < -0.4 is 5.73 Å². The van der Waals surface area contributed by atoms with Gasteiger partial charge < -0.3 is 5.73 Å². The van der Waals surface area contributed by atoms with Gasteiger partial charge in [0.15, 0.2) is 0 Å². The first-order chi connectivity index (χ1) is 9.95. The van der Waals surface area contributed by atoms with E-state index in [0.717, 1.165) is 11.1 Å². The molecule has 0 atom stereocenters. The average molecular weight is 305 g/mol. The van der Waals surface area contributed by atoms with E-state index in [-0.39, 0.29) is 4.90 Å². The maximum Gasteiger partial charge on any atom is 0.294 e. The quantitative estimate of drug-likeness (QED) is 0.503. The van der Waals surface area contributed by atoms with Gasteiger partial charge in [-0.1, -0.05) is 24.3 Å². The third-order valence-corrected chi connectivity index (χ3v) is 3.68. The molecule has 0 aliphatic carbocycles. The first kappa shape index (κ1) is 15.1.